The van der Waals surface area contributed by atoms with E-state index < -0.39 is 35.4 Å². The van der Waals surface area contributed by atoms with Crippen LogP contribution in [0.4, 0.5) is 17.6 Å². The summed E-state index contributed by atoms with van der Waals surface area (Å²) in [5.41, 5.74) is 2.11. The van der Waals surface area contributed by atoms with Crippen molar-refractivity contribution < 1.29 is 31.9 Å². The zero-order valence-electron chi connectivity index (χ0n) is 20.3. The van der Waals surface area contributed by atoms with E-state index in [1.807, 2.05) is 12.1 Å². The molecule has 0 saturated carbocycles. The molecule has 4 aromatic rings. The van der Waals surface area contributed by atoms with Gasteiger partial charge >= 0.3 is 12.1 Å². The van der Waals surface area contributed by atoms with Crippen LogP contribution >= 0.6 is 0 Å². The van der Waals surface area contributed by atoms with Gasteiger partial charge in [-0.05, 0) is 47.7 Å². The quantitative estimate of drug-likeness (QED) is 0.255. The van der Waals surface area contributed by atoms with Crippen LogP contribution in [-0.4, -0.2) is 43.3 Å². The number of alkyl halides is 3. The summed E-state index contributed by atoms with van der Waals surface area (Å²) in [5, 5.41) is 11.6. The number of aromatic nitrogens is 5. The standard InChI is InChI=1S/C25H19F4N7O4/c26-16-5-1-12(7-20(16)40-25(27,28)29)10-30-22(37)18-9-19(32-11-31-18)23(38)33-17-6-3-13-8-14(2-4-15(13)17)21-34-24(39)36-35-21/h1-2,4-5,7-9,11,17H,3,6,10H2,(H,30,37)(H,33,38)(H2,34,35,36,39)/t17-/m1/s1. The highest BCUT2D eigenvalue weighted by Gasteiger charge is 2.32. The van der Waals surface area contributed by atoms with Crippen molar-refractivity contribution in [2.75, 3.05) is 0 Å². The van der Waals surface area contributed by atoms with E-state index in [4.69, 9.17) is 0 Å². The van der Waals surface area contributed by atoms with Gasteiger partial charge < -0.3 is 15.4 Å². The zero-order chi connectivity index (χ0) is 28.4. The molecule has 0 bridgehead atoms. The first-order valence-corrected chi connectivity index (χ1v) is 11.8. The van der Waals surface area contributed by atoms with Gasteiger partial charge in [-0.3, -0.25) is 14.6 Å². The number of fused-ring (bicyclic) bond motifs is 1. The van der Waals surface area contributed by atoms with Crippen molar-refractivity contribution in [1.29, 1.82) is 0 Å². The Morgan fingerprint density at radius 2 is 1.82 bits per heavy atom. The molecule has 15 heteroatoms. The fourth-order valence-electron chi connectivity index (χ4n) is 4.29. The van der Waals surface area contributed by atoms with Crippen molar-refractivity contribution in [3.63, 3.8) is 0 Å². The molecule has 2 aromatic heterocycles. The van der Waals surface area contributed by atoms with Crippen LogP contribution in [0.3, 0.4) is 0 Å². The van der Waals surface area contributed by atoms with Gasteiger partial charge in [-0.15, -0.1) is 13.2 Å². The molecule has 0 unspecified atom stereocenters. The second kappa shape index (κ2) is 10.6. The number of aryl methyl sites for hydroxylation is 1. The third kappa shape index (κ3) is 5.98. The highest BCUT2D eigenvalue weighted by molar-refractivity contribution is 5.97. The maximum absolute atomic E-state index is 13.6. The summed E-state index contributed by atoms with van der Waals surface area (Å²) in [6.07, 6.45) is -2.74. The average molecular weight is 557 g/mol. The molecule has 5 rings (SSSR count). The lowest BCUT2D eigenvalue weighted by Gasteiger charge is -2.14. The molecule has 0 fully saturated rings. The molecule has 11 nitrogen and oxygen atoms in total. The van der Waals surface area contributed by atoms with Crippen LogP contribution in [0.2, 0.25) is 0 Å². The number of H-pyrrole nitrogens is 2. The summed E-state index contributed by atoms with van der Waals surface area (Å²) in [7, 11) is 0. The molecule has 1 atom stereocenters. The van der Waals surface area contributed by atoms with Gasteiger partial charge in [0.1, 0.15) is 17.7 Å². The lowest BCUT2D eigenvalue weighted by Crippen LogP contribution is -2.29. The largest absolute Gasteiger partial charge is 0.573 e. The minimum absolute atomic E-state index is 0.0676. The van der Waals surface area contributed by atoms with Crippen LogP contribution in [0.25, 0.3) is 11.4 Å². The Kier molecular flexibility index (Phi) is 7.02. The number of carbonyl (C=O) groups is 2. The molecule has 0 radical (unpaired) electrons. The molecule has 2 heterocycles. The normalized spacial score (nSPS) is 14.4. The Morgan fingerprint density at radius 1 is 1.05 bits per heavy atom. The van der Waals surface area contributed by atoms with E-state index >= 15 is 0 Å². The van der Waals surface area contributed by atoms with Gasteiger partial charge in [-0.25, -0.2) is 24.3 Å². The van der Waals surface area contributed by atoms with Crippen LogP contribution in [-0.2, 0) is 13.0 Å². The number of aromatic amines is 2. The van der Waals surface area contributed by atoms with Gasteiger partial charge in [0.25, 0.3) is 11.8 Å². The Bertz CT molecular complexity index is 1650. The van der Waals surface area contributed by atoms with Crippen molar-refractivity contribution >= 4 is 11.8 Å². The number of hydrogen-bond acceptors (Lipinski definition) is 7. The Balaban J connectivity index is 1.22. The molecular weight excluding hydrogens is 538 g/mol. The first-order chi connectivity index (χ1) is 19.1. The predicted molar refractivity (Wildman–Crippen MR) is 129 cm³/mol. The number of amides is 2. The van der Waals surface area contributed by atoms with E-state index in [-0.39, 0.29) is 29.5 Å². The number of nitrogens with zero attached hydrogens (tertiary/aromatic N) is 3. The highest BCUT2D eigenvalue weighted by atomic mass is 19.4. The van der Waals surface area contributed by atoms with Gasteiger partial charge in [0.05, 0.1) is 6.04 Å². The smallest absolute Gasteiger partial charge is 0.403 e. The van der Waals surface area contributed by atoms with Crippen LogP contribution < -0.4 is 21.1 Å². The van der Waals surface area contributed by atoms with Gasteiger partial charge in [0.15, 0.2) is 17.4 Å². The maximum Gasteiger partial charge on any atom is 0.573 e. The fraction of sp³-hybridized carbons (Fsp3) is 0.200. The van der Waals surface area contributed by atoms with Gasteiger partial charge in [0, 0.05) is 18.2 Å². The first kappa shape index (κ1) is 26.5. The van der Waals surface area contributed by atoms with Crippen LogP contribution in [0.15, 0.2) is 53.6 Å². The molecule has 2 aromatic carbocycles. The molecule has 1 aliphatic carbocycles. The minimum Gasteiger partial charge on any atom is -0.403 e. The van der Waals surface area contributed by atoms with E-state index in [0.717, 1.165) is 35.2 Å². The molecule has 1 aliphatic rings. The molecule has 0 aliphatic heterocycles. The van der Waals surface area contributed by atoms with Crippen molar-refractivity contribution in [2.45, 2.75) is 31.8 Å². The summed E-state index contributed by atoms with van der Waals surface area (Å²) >= 11 is 0. The lowest BCUT2D eigenvalue weighted by molar-refractivity contribution is -0.275. The van der Waals surface area contributed by atoms with Crippen molar-refractivity contribution in [3.05, 3.63) is 93.2 Å². The maximum atomic E-state index is 13.6. The molecule has 2 amide bonds. The van der Waals surface area contributed by atoms with Crippen molar-refractivity contribution in [1.82, 2.24) is 35.8 Å². The number of halogens is 4. The summed E-state index contributed by atoms with van der Waals surface area (Å²) in [6, 6.07) is 9.17. The van der Waals surface area contributed by atoms with E-state index in [0.29, 0.717) is 18.7 Å². The predicted octanol–water partition coefficient (Wildman–Crippen LogP) is 2.94. The van der Waals surface area contributed by atoms with Crippen LogP contribution in [0.1, 0.15) is 50.1 Å². The second-order valence-corrected chi connectivity index (χ2v) is 8.79. The molecular formula is C25H19F4N7O4. The molecule has 206 valence electrons. The molecule has 0 saturated heterocycles. The number of nitrogens with one attached hydrogen (secondary N) is 4. The number of ether oxygens (including phenoxy) is 1. The Labute approximate surface area is 222 Å². The van der Waals surface area contributed by atoms with Gasteiger partial charge in [0.2, 0.25) is 0 Å². The molecule has 40 heavy (non-hydrogen) atoms. The van der Waals surface area contributed by atoms with E-state index in [1.165, 1.54) is 12.1 Å². The highest BCUT2D eigenvalue weighted by Crippen LogP contribution is 2.33. The number of rotatable bonds is 7. The van der Waals surface area contributed by atoms with Gasteiger partial charge in [-0.1, -0.05) is 18.2 Å². The third-order valence-electron chi connectivity index (χ3n) is 6.11. The topological polar surface area (TPSA) is 155 Å². The summed E-state index contributed by atoms with van der Waals surface area (Å²) in [6.45, 7) is -0.258. The van der Waals surface area contributed by atoms with E-state index in [9.17, 15) is 31.9 Å². The molecule has 4 N–H and O–H groups in total. The summed E-state index contributed by atoms with van der Waals surface area (Å²) < 4.78 is 54.6. The molecule has 0 spiro atoms. The number of benzene rings is 2. The first-order valence-electron chi connectivity index (χ1n) is 11.8. The SMILES string of the molecule is O=C(NCc1ccc(F)c(OC(F)(F)F)c1)c1cc(C(=O)N[C@@H]2CCc3cc(-c4n[nH]c(=O)[nH]4)ccc32)ncn1. The summed E-state index contributed by atoms with van der Waals surface area (Å²) in [4.78, 5) is 47.2. The van der Waals surface area contributed by atoms with E-state index in [2.05, 4.69) is 40.5 Å². The van der Waals surface area contributed by atoms with Crippen molar-refractivity contribution in [3.8, 4) is 17.1 Å². The van der Waals surface area contributed by atoms with Crippen LogP contribution in [0.5, 0.6) is 5.75 Å². The Morgan fingerprint density at radius 3 is 2.55 bits per heavy atom. The Hall–Kier alpha value is -5.08. The summed E-state index contributed by atoms with van der Waals surface area (Å²) in [5.74, 6) is -3.10. The number of carbonyl (C=O) groups excluding carboxylic acids is 2. The number of hydrogen-bond donors (Lipinski definition) is 4. The van der Waals surface area contributed by atoms with E-state index in [1.54, 1.807) is 6.07 Å². The van der Waals surface area contributed by atoms with Crippen molar-refractivity contribution in [2.24, 2.45) is 0 Å². The monoisotopic (exact) mass is 557 g/mol. The lowest BCUT2D eigenvalue weighted by atomic mass is 10.0. The average Bonchev–Trinajstić information content (AvgIpc) is 3.54. The second-order valence-electron chi connectivity index (χ2n) is 8.79. The third-order valence-corrected chi connectivity index (χ3v) is 6.11. The van der Waals surface area contributed by atoms with Gasteiger partial charge in [-0.2, -0.15) is 5.10 Å². The zero-order valence-corrected chi connectivity index (χ0v) is 20.3. The van der Waals surface area contributed by atoms with Crippen LogP contribution in [0, 0.1) is 5.82 Å². The minimum atomic E-state index is -5.08. The fourth-order valence-corrected chi connectivity index (χ4v) is 4.29.